The van der Waals surface area contributed by atoms with Gasteiger partial charge in [-0.1, -0.05) is 11.8 Å². The van der Waals surface area contributed by atoms with E-state index in [-0.39, 0.29) is 18.0 Å². The molecule has 1 unspecified atom stereocenters. The number of fused-ring (bicyclic) bond motifs is 1. The second kappa shape index (κ2) is 7.15. The lowest BCUT2D eigenvalue weighted by molar-refractivity contribution is -0.160. The Kier molecular flexibility index (Phi) is 5.56. The van der Waals surface area contributed by atoms with Crippen molar-refractivity contribution in [1.29, 1.82) is 0 Å². The van der Waals surface area contributed by atoms with Gasteiger partial charge in [0.2, 0.25) is 11.8 Å². The van der Waals surface area contributed by atoms with Gasteiger partial charge >= 0.3 is 16.4 Å². The van der Waals surface area contributed by atoms with Crippen molar-refractivity contribution in [3.8, 4) is 0 Å². The van der Waals surface area contributed by atoms with E-state index in [4.69, 9.17) is 4.55 Å². The van der Waals surface area contributed by atoms with Gasteiger partial charge in [-0.15, -0.1) is 0 Å². The molecule has 0 bridgehead atoms. The Bertz CT molecular complexity index is 773. The molecule has 2 rings (SSSR count). The van der Waals surface area contributed by atoms with Gasteiger partial charge in [0.15, 0.2) is 0 Å². The number of carboxylic acid groups (broad SMARTS) is 1. The third-order valence-electron chi connectivity index (χ3n) is 3.71. The molecule has 1 saturated heterocycles. The molecule has 0 aromatic carbocycles. The maximum Gasteiger partial charge on any atom is 0.397 e. The van der Waals surface area contributed by atoms with Crippen LogP contribution in [0, 0.1) is 5.92 Å². The number of aliphatic carboxylic acids is 1. The minimum Gasteiger partial charge on any atom is -0.477 e. The highest BCUT2D eigenvalue weighted by molar-refractivity contribution is 8.05. The summed E-state index contributed by atoms with van der Waals surface area (Å²) in [6, 6.07) is -0.563. The minimum atomic E-state index is -4.72. The molecule has 0 saturated carbocycles. The maximum atomic E-state index is 12.2. The van der Waals surface area contributed by atoms with Crippen molar-refractivity contribution in [3.63, 3.8) is 0 Å². The van der Waals surface area contributed by atoms with Gasteiger partial charge in [0.25, 0.3) is 0 Å². The molecule has 3 atom stereocenters. The van der Waals surface area contributed by atoms with Crippen LogP contribution >= 0.6 is 11.8 Å². The number of hydrogen-bond acceptors (Lipinski definition) is 7. The standard InChI is InChI=1S/C13H16N2O8S2/c1-6(23-25(20,21)22)10-8-5-9(24-4-3-14-7(2)16)11(13(18)19)15(8)12(10)17/h3-4,6,8,10H,5H2,1-2H3,(H,14,16)(H,18,19)(H,20,21,22)/t6?,8-,10-/m1/s1. The second-order valence-corrected chi connectivity index (χ2v) is 7.48. The molecular weight excluding hydrogens is 376 g/mol. The van der Waals surface area contributed by atoms with Crippen LogP contribution in [0.15, 0.2) is 22.2 Å². The number of nitrogens with one attached hydrogen (secondary N) is 1. The normalized spacial score (nSPS) is 24.3. The number of carboxylic acids is 1. The van der Waals surface area contributed by atoms with Crippen LogP contribution in [-0.4, -0.2) is 52.9 Å². The highest BCUT2D eigenvalue weighted by Crippen LogP contribution is 2.47. The zero-order valence-electron chi connectivity index (χ0n) is 13.2. The van der Waals surface area contributed by atoms with Crippen LogP contribution in [0.3, 0.4) is 0 Å². The van der Waals surface area contributed by atoms with Gasteiger partial charge < -0.3 is 15.3 Å². The molecule has 12 heteroatoms. The molecule has 3 N–H and O–H groups in total. The summed E-state index contributed by atoms with van der Waals surface area (Å²) >= 11 is 1.04. The van der Waals surface area contributed by atoms with Crippen molar-refractivity contribution in [1.82, 2.24) is 10.2 Å². The second-order valence-electron chi connectivity index (χ2n) is 5.43. The smallest absolute Gasteiger partial charge is 0.397 e. The summed E-state index contributed by atoms with van der Waals surface area (Å²) in [6.07, 6.45) is 0.420. The molecule has 0 aromatic rings. The molecule has 0 radical (unpaired) electrons. The fourth-order valence-corrected chi connectivity index (χ4v) is 4.21. The summed E-state index contributed by atoms with van der Waals surface area (Å²) in [7, 11) is -4.72. The van der Waals surface area contributed by atoms with Gasteiger partial charge in [0.05, 0.1) is 18.1 Å². The molecule has 138 valence electrons. The topological polar surface area (TPSA) is 150 Å². The summed E-state index contributed by atoms with van der Waals surface area (Å²) in [4.78, 5) is 36.0. The molecular formula is C13H16N2O8S2. The van der Waals surface area contributed by atoms with Crippen molar-refractivity contribution in [3.05, 3.63) is 22.2 Å². The lowest BCUT2D eigenvalue weighted by atomic mass is 9.83. The van der Waals surface area contributed by atoms with E-state index in [1.165, 1.54) is 25.5 Å². The Balaban J connectivity index is 2.14. The molecule has 2 aliphatic rings. The van der Waals surface area contributed by atoms with E-state index in [0.717, 1.165) is 16.7 Å². The molecule has 0 aromatic heterocycles. The highest BCUT2D eigenvalue weighted by Gasteiger charge is 2.57. The molecule has 2 aliphatic heterocycles. The average Bonchev–Trinajstić information content (AvgIpc) is 2.76. The number of β-lactam (4-membered cyclic amide) rings is 1. The van der Waals surface area contributed by atoms with Crippen molar-refractivity contribution in [2.24, 2.45) is 5.92 Å². The molecule has 25 heavy (non-hydrogen) atoms. The Morgan fingerprint density at radius 2 is 2.12 bits per heavy atom. The van der Waals surface area contributed by atoms with Gasteiger partial charge in [-0.25, -0.2) is 8.98 Å². The number of carbonyl (C=O) groups excluding carboxylic acids is 2. The first-order chi connectivity index (χ1) is 11.5. The maximum absolute atomic E-state index is 12.2. The highest BCUT2D eigenvalue weighted by atomic mass is 32.3. The van der Waals surface area contributed by atoms with Crippen LogP contribution in [0.4, 0.5) is 0 Å². The number of thioether (sulfide) groups is 1. The molecule has 2 amide bonds. The fraction of sp³-hybridized carbons (Fsp3) is 0.462. The fourth-order valence-electron chi connectivity index (χ4n) is 2.84. The first-order valence-corrected chi connectivity index (χ1v) is 9.31. The summed E-state index contributed by atoms with van der Waals surface area (Å²) < 4.78 is 34.8. The Hall–Kier alpha value is -1.89. The van der Waals surface area contributed by atoms with E-state index in [0.29, 0.717) is 4.91 Å². The lowest BCUT2D eigenvalue weighted by Crippen LogP contribution is -2.62. The van der Waals surface area contributed by atoms with Gasteiger partial charge in [-0.2, -0.15) is 8.42 Å². The van der Waals surface area contributed by atoms with Crippen molar-refractivity contribution in [2.45, 2.75) is 32.4 Å². The number of amides is 2. The van der Waals surface area contributed by atoms with Gasteiger partial charge in [0, 0.05) is 24.4 Å². The summed E-state index contributed by atoms with van der Waals surface area (Å²) in [5.74, 6) is -3.03. The first kappa shape index (κ1) is 19.4. The molecule has 10 nitrogen and oxygen atoms in total. The quantitative estimate of drug-likeness (QED) is 0.403. The predicted molar refractivity (Wildman–Crippen MR) is 86.0 cm³/mol. The predicted octanol–water partition coefficient (Wildman–Crippen LogP) is 0.0617. The van der Waals surface area contributed by atoms with Crippen LogP contribution < -0.4 is 5.32 Å². The molecule has 2 heterocycles. The third kappa shape index (κ3) is 4.21. The van der Waals surface area contributed by atoms with Gasteiger partial charge in [-0.3, -0.25) is 14.1 Å². The third-order valence-corrected chi connectivity index (χ3v) is 5.18. The summed E-state index contributed by atoms with van der Waals surface area (Å²) in [5, 5.41) is 13.2. The van der Waals surface area contributed by atoms with Crippen LogP contribution in [0.2, 0.25) is 0 Å². The Labute approximate surface area is 147 Å². The number of nitrogens with zero attached hydrogens (tertiary/aromatic N) is 1. The zero-order chi connectivity index (χ0) is 18.9. The largest absolute Gasteiger partial charge is 0.477 e. The first-order valence-electron chi connectivity index (χ1n) is 7.07. The molecule has 0 spiro atoms. The van der Waals surface area contributed by atoms with Gasteiger partial charge in [-0.05, 0) is 12.3 Å². The van der Waals surface area contributed by atoms with E-state index in [1.54, 1.807) is 0 Å². The van der Waals surface area contributed by atoms with E-state index in [2.05, 4.69) is 9.50 Å². The van der Waals surface area contributed by atoms with Crippen LogP contribution in [0.25, 0.3) is 0 Å². The number of hydrogen-bond donors (Lipinski definition) is 3. The van der Waals surface area contributed by atoms with Crippen molar-refractivity contribution < 1.29 is 36.6 Å². The van der Waals surface area contributed by atoms with Gasteiger partial charge in [0.1, 0.15) is 5.70 Å². The Morgan fingerprint density at radius 1 is 1.48 bits per heavy atom. The number of rotatable bonds is 7. The van der Waals surface area contributed by atoms with E-state index < -0.39 is 40.3 Å². The average molecular weight is 392 g/mol. The minimum absolute atomic E-state index is 0.178. The van der Waals surface area contributed by atoms with E-state index in [9.17, 15) is 27.9 Å². The molecule has 1 fully saturated rings. The lowest BCUT2D eigenvalue weighted by Gasteiger charge is -2.45. The number of carbonyl (C=O) groups is 3. The van der Waals surface area contributed by atoms with E-state index >= 15 is 0 Å². The van der Waals surface area contributed by atoms with Crippen LogP contribution in [-0.2, 0) is 29.0 Å². The Morgan fingerprint density at radius 3 is 2.64 bits per heavy atom. The SMILES string of the molecule is CC(=O)NC=CSC1=C(C(=O)O)N2C(=O)[C@H](C(C)OS(=O)(=O)O)[C@H]2C1. The van der Waals surface area contributed by atoms with E-state index in [1.807, 2.05) is 0 Å². The zero-order valence-corrected chi connectivity index (χ0v) is 14.8. The monoisotopic (exact) mass is 392 g/mol. The summed E-state index contributed by atoms with van der Waals surface area (Å²) in [5.41, 5.74) is -0.178. The van der Waals surface area contributed by atoms with Crippen molar-refractivity contribution >= 4 is 39.9 Å². The molecule has 0 aliphatic carbocycles. The van der Waals surface area contributed by atoms with Crippen LogP contribution in [0.1, 0.15) is 20.3 Å². The summed E-state index contributed by atoms with van der Waals surface area (Å²) in [6.45, 7) is 2.63. The van der Waals surface area contributed by atoms with Crippen molar-refractivity contribution in [2.75, 3.05) is 0 Å². The van der Waals surface area contributed by atoms with Crippen LogP contribution in [0.5, 0.6) is 0 Å².